The number of aliphatic hydroxyl groups excluding tert-OH is 1. The molecule has 1 heterocycles. The van der Waals surface area contributed by atoms with Crippen LogP contribution in [0.1, 0.15) is 5.56 Å². The first kappa shape index (κ1) is 26.8. The lowest BCUT2D eigenvalue weighted by molar-refractivity contribution is -0.123. The number of nitrogens with one attached hydrogen (secondary N) is 1. The second kappa shape index (κ2) is 12.4. The molecule has 4 aromatic carbocycles. The van der Waals surface area contributed by atoms with Crippen molar-refractivity contribution in [3.63, 3.8) is 0 Å². The zero-order valence-corrected chi connectivity index (χ0v) is 24.4. The SMILES string of the molecule is O=C(COc1cccc(SCC(O)Cn2c3ccc(Br)cc3c3cc(Br)ccc32)c1)NCc1ccccc1. The van der Waals surface area contributed by atoms with E-state index < -0.39 is 6.10 Å². The summed E-state index contributed by atoms with van der Waals surface area (Å²) in [4.78, 5) is 13.2. The van der Waals surface area contributed by atoms with Gasteiger partial charge in [0, 0.05) is 54.5 Å². The molecule has 5 aromatic rings. The fourth-order valence-corrected chi connectivity index (χ4v) is 5.94. The summed E-state index contributed by atoms with van der Waals surface area (Å²) < 4.78 is 9.94. The first-order valence-corrected chi connectivity index (χ1v) is 14.7. The number of ether oxygens (including phenoxy) is 1. The molecule has 1 aromatic heterocycles. The molecule has 0 radical (unpaired) electrons. The Morgan fingerprint density at radius 3 is 2.26 bits per heavy atom. The van der Waals surface area contributed by atoms with E-state index in [1.165, 1.54) is 0 Å². The average molecular weight is 654 g/mol. The molecule has 38 heavy (non-hydrogen) atoms. The number of rotatable bonds is 10. The number of amides is 1. The summed E-state index contributed by atoms with van der Waals surface area (Å²) in [5, 5.41) is 16.1. The minimum Gasteiger partial charge on any atom is -0.484 e. The van der Waals surface area contributed by atoms with Gasteiger partial charge in [-0.15, -0.1) is 11.8 Å². The molecule has 1 unspecified atom stereocenters. The van der Waals surface area contributed by atoms with Crippen LogP contribution in [0.5, 0.6) is 5.75 Å². The lowest BCUT2D eigenvalue weighted by Crippen LogP contribution is -2.28. The molecule has 0 bridgehead atoms. The van der Waals surface area contributed by atoms with Gasteiger partial charge < -0.3 is 19.7 Å². The van der Waals surface area contributed by atoms with Gasteiger partial charge in [0.2, 0.25) is 0 Å². The van der Waals surface area contributed by atoms with Crippen molar-refractivity contribution in [2.45, 2.75) is 24.1 Å². The molecule has 0 saturated heterocycles. The Morgan fingerprint density at radius 2 is 1.58 bits per heavy atom. The Morgan fingerprint density at radius 1 is 0.895 bits per heavy atom. The smallest absolute Gasteiger partial charge is 0.258 e. The molecule has 0 fully saturated rings. The van der Waals surface area contributed by atoms with Gasteiger partial charge in [-0.2, -0.15) is 0 Å². The van der Waals surface area contributed by atoms with Crippen molar-refractivity contribution >= 4 is 71.3 Å². The first-order chi connectivity index (χ1) is 18.5. The van der Waals surface area contributed by atoms with Crippen LogP contribution in [0.25, 0.3) is 21.8 Å². The lowest BCUT2D eigenvalue weighted by atomic mass is 10.2. The molecule has 0 spiro atoms. The fourth-order valence-electron chi connectivity index (χ4n) is 4.35. The van der Waals surface area contributed by atoms with Crippen LogP contribution in [0.3, 0.4) is 0 Å². The summed E-state index contributed by atoms with van der Waals surface area (Å²) >= 11 is 8.73. The third-order valence-electron chi connectivity index (χ3n) is 6.13. The topological polar surface area (TPSA) is 63.5 Å². The van der Waals surface area contributed by atoms with Crippen molar-refractivity contribution in [2.75, 3.05) is 12.4 Å². The van der Waals surface area contributed by atoms with E-state index in [1.54, 1.807) is 11.8 Å². The van der Waals surface area contributed by atoms with Crippen molar-refractivity contribution in [3.8, 4) is 5.75 Å². The monoisotopic (exact) mass is 652 g/mol. The van der Waals surface area contributed by atoms with Crippen LogP contribution >= 0.6 is 43.6 Å². The van der Waals surface area contributed by atoms with Gasteiger partial charge in [-0.25, -0.2) is 0 Å². The summed E-state index contributed by atoms with van der Waals surface area (Å²) in [7, 11) is 0. The maximum atomic E-state index is 12.2. The number of thioether (sulfide) groups is 1. The molecular formula is C30H26Br2N2O3S. The predicted octanol–water partition coefficient (Wildman–Crippen LogP) is 7.17. The maximum Gasteiger partial charge on any atom is 0.258 e. The highest BCUT2D eigenvalue weighted by Crippen LogP contribution is 2.33. The molecule has 0 aliphatic heterocycles. The molecule has 194 valence electrons. The second-order valence-electron chi connectivity index (χ2n) is 8.92. The molecule has 2 N–H and O–H groups in total. The second-order valence-corrected chi connectivity index (χ2v) is 11.8. The molecular weight excluding hydrogens is 628 g/mol. The Balaban J connectivity index is 1.18. The highest BCUT2D eigenvalue weighted by molar-refractivity contribution is 9.10. The summed E-state index contributed by atoms with van der Waals surface area (Å²) in [6, 6.07) is 29.9. The Bertz CT molecular complexity index is 1510. The van der Waals surface area contributed by atoms with Crippen LogP contribution in [-0.4, -0.2) is 34.0 Å². The number of halogens is 2. The zero-order valence-electron chi connectivity index (χ0n) is 20.4. The van der Waals surface area contributed by atoms with Crippen molar-refractivity contribution in [3.05, 3.63) is 106 Å². The summed E-state index contributed by atoms with van der Waals surface area (Å²) in [5.74, 6) is 0.973. The summed E-state index contributed by atoms with van der Waals surface area (Å²) in [6.45, 7) is 0.898. The van der Waals surface area contributed by atoms with Gasteiger partial charge in [0.25, 0.3) is 5.91 Å². The number of nitrogens with zero attached hydrogens (tertiary/aromatic N) is 1. The largest absolute Gasteiger partial charge is 0.484 e. The third-order valence-corrected chi connectivity index (χ3v) is 8.26. The van der Waals surface area contributed by atoms with E-state index in [0.717, 1.165) is 41.2 Å². The lowest BCUT2D eigenvalue weighted by Gasteiger charge is -2.14. The molecule has 8 heteroatoms. The average Bonchev–Trinajstić information content (AvgIpc) is 3.22. The van der Waals surface area contributed by atoms with Crippen LogP contribution in [0.2, 0.25) is 0 Å². The van der Waals surface area contributed by atoms with Crippen molar-refractivity contribution in [1.29, 1.82) is 0 Å². The van der Waals surface area contributed by atoms with E-state index in [1.807, 2.05) is 66.7 Å². The van der Waals surface area contributed by atoms with Crippen LogP contribution < -0.4 is 10.1 Å². The molecule has 5 nitrogen and oxygen atoms in total. The van der Waals surface area contributed by atoms with Gasteiger partial charge in [0.15, 0.2) is 6.61 Å². The first-order valence-electron chi connectivity index (χ1n) is 12.2. The van der Waals surface area contributed by atoms with E-state index in [0.29, 0.717) is 24.6 Å². The Labute approximate surface area is 242 Å². The Kier molecular flexibility index (Phi) is 8.74. The maximum absolute atomic E-state index is 12.2. The fraction of sp³-hybridized carbons (Fsp3) is 0.167. The van der Waals surface area contributed by atoms with Gasteiger partial charge in [0.05, 0.1) is 6.10 Å². The number of benzene rings is 4. The van der Waals surface area contributed by atoms with E-state index in [9.17, 15) is 9.90 Å². The predicted molar refractivity (Wildman–Crippen MR) is 162 cm³/mol. The summed E-state index contributed by atoms with van der Waals surface area (Å²) in [5.41, 5.74) is 3.22. The number of carbonyl (C=O) groups excluding carboxylic acids is 1. The molecule has 1 amide bonds. The number of carbonyl (C=O) groups is 1. The highest BCUT2D eigenvalue weighted by Gasteiger charge is 2.15. The van der Waals surface area contributed by atoms with E-state index in [4.69, 9.17) is 4.74 Å². The van der Waals surface area contributed by atoms with E-state index in [2.05, 4.69) is 66.0 Å². The van der Waals surface area contributed by atoms with Crippen LogP contribution in [0.4, 0.5) is 0 Å². The highest BCUT2D eigenvalue weighted by atomic mass is 79.9. The molecule has 0 aliphatic carbocycles. The zero-order chi connectivity index (χ0) is 26.5. The number of hydrogen-bond acceptors (Lipinski definition) is 4. The number of aliphatic hydroxyl groups is 1. The van der Waals surface area contributed by atoms with Crippen molar-refractivity contribution in [2.24, 2.45) is 0 Å². The van der Waals surface area contributed by atoms with E-state index >= 15 is 0 Å². The number of fused-ring (bicyclic) bond motifs is 3. The van der Waals surface area contributed by atoms with E-state index in [-0.39, 0.29) is 12.5 Å². The van der Waals surface area contributed by atoms with Crippen molar-refractivity contribution in [1.82, 2.24) is 9.88 Å². The summed E-state index contributed by atoms with van der Waals surface area (Å²) in [6.07, 6.45) is -0.556. The normalized spacial score (nSPS) is 12.1. The molecule has 0 saturated carbocycles. The quantitative estimate of drug-likeness (QED) is 0.157. The minimum absolute atomic E-state index is 0.0520. The van der Waals surface area contributed by atoms with Gasteiger partial charge in [-0.1, -0.05) is 68.3 Å². The van der Waals surface area contributed by atoms with Gasteiger partial charge in [-0.3, -0.25) is 4.79 Å². The molecule has 0 aliphatic rings. The Hall–Kier alpha value is -2.78. The van der Waals surface area contributed by atoms with Crippen LogP contribution in [0.15, 0.2) is 105 Å². The van der Waals surface area contributed by atoms with Gasteiger partial charge in [0.1, 0.15) is 5.75 Å². The van der Waals surface area contributed by atoms with Crippen LogP contribution in [-0.2, 0) is 17.9 Å². The van der Waals surface area contributed by atoms with Crippen LogP contribution in [0, 0.1) is 0 Å². The molecule has 1 atom stereocenters. The third kappa shape index (κ3) is 6.61. The minimum atomic E-state index is -0.556. The van der Waals surface area contributed by atoms with Gasteiger partial charge >= 0.3 is 0 Å². The number of hydrogen-bond donors (Lipinski definition) is 2. The van der Waals surface area contributed by atoms with Gasteiger partial charge in [-0.05, 0) is 60.2 Å². The number of aromatic nitrogens is 1. The van der Waals surface area contributed by atoms with Crippen molar-refractivity contribution < 1.29 is 14.6 Å². The standard InChI is InChI=1S/C30H26Br2N2O3S/c31-21-9-11-28-26(13-21)27-14-22(32)10-12-29(27)34(28)17-23(35)19-38-25-8-4-7-24(15-25)37-18-30(36)33-16-20-5-2-1-3-6-20/h1-15,23,35H,16-19H2,(H,33,36). The molecule has 5 rings (SSSR count).